The van der Waals surface area contributed by atoms with Crippen molar-refractivity contribution in [2.24, 2.45) is 0 Å². The van der Waals surface area contributed by atoms with Gasteiger partial charge in [0.2, 0.25) is 0 Å². The molecule has 2 aromatic carbocycles. The van der Waals surface area contributed by atoms with E-state index in [1.807, 2.05) is 10.8 Å². The minimum Gasteiger partial charge on any atom is -0.333 e. The highest BCUT2D eigenvalue weighted by Crippen LogP contribution is 2.19. The zero-order valence-electron chi connectivity index (χ0n) is 12.0. The fraction of sp³-hybridized carbons (Fsp3) is 0.0588. The standard InChI is InChI=1S/C17H13F2N3O/c18-14-2-1-3-15(19)16(14)21-17(23)13-6-4-12(5-7-13)10-22-9-8-20-11-22/h1-9,11H,10H2,(H,21,23). The fourth-order valence-corrected chi connectivity index (χ4v) is 2.16. The number of hydrogen-bond acceptors (Lipinski definition) is 2. The monoisotopic (exact) mass is 313 g/mol. The Kier molecular flexibility index (Phi) is 4.14. The van der Waals surface area contributed by atoms with Crippen molar-refractivity contribution < 1.29 is 13.6 Å². The molecule has 0 atom stereocenters. The number of rotatable bonds is 4. The molecule has 0 aliphatic rings. The van der Waals surface area contributed by atoms with E-state index >= 15 is 0 Å². The Morgan fingerprint density at radius 2 is 1.78 bits per heavy atom. The molecule has 0 aliphatic carbocycles. The van der Waals surface area contributed by atoms with Gasteiger partial charge in [-0.2, -0.15) is 0 Å². The van der Waals surface area contributed by atoms with Gasteiger partial charge in [-0.1, -0.05) is 18.2 Å². The number of aromatic nitrogens is 2. The van der Waals surface area contributed by atoms with Gasteiger partial charge in [0, 0.05) is 24.5 Å². The van der Waals surface area contributed by atoms with E-state index in [2.05, 4.69) is 10.3 Å². The van der Waals surface area contributed by atoms with E-state index in [0.717, 1.165) is 17.7 Å². The Hall–Kier alpha value is -3.02. The molecule has 4 nitrogen and oxygen atoms in total. The number of hydrogen-bond donors (Lipinski definition) is 1. The molecule has 0 saturated heterocycles. The molecule has 0 saturated carbocycles. The quantitative estimate of drug-likeness (QED) is 0.802. The normalized spacial score (nSPS) is 10.5. The third kappa shape index (κ3) is 3.42. The lowest BCUT2D eigenvalue weighted by Crippen LogP contribution is -2.14. The fourth-order valence-electron chi connectivity index (χ4n) is 2.16. The summed E-state index contributed by atoms with van der Waals surface area (Å²) in [7, 11) is 0. The number of imidazole rings is 1. The van der Waals surface area contributed by atoms with Gasteiger partial charge < -0.3 is 9.88 Å². The maximum absolute atomic E-state index is 13.5. The predicted molar refractivity (Wildman–Crippen MR) is 82.1 cm³/mol. The summed E-state index contributed by atoms with van der Waals surface area (Å²) in [5.74, 6) is -2.19. The van der Waals surface area contributed by atoms with Crippen molar-refractivity contribution in [2.75, 3.05) is 5.32 Å². The van der Waals surface area contributed by atoms with E-state index in [9.17, 15) is 13.6 Å². The molecule has 3 aromatic rings. The lowest BCUT2D eigenvalue weighted by molar-refractivity contribution is 0.102. The van der Waals surface area contributed by atoms with Crippen LogP contribution in [0, 0.1) is 11.6 Å². The smallest absolute Gasteiger partial charge is 0.255 e. The molecule has 0 fully saturated rings. The Balaban J connectivity index is 1.73. The van der Waals surface area contributed by atoms with Gasteiger partial charge in [0.05, 0.1) is 6.33 Å². The number of benzene rings is 2. The minimum atomic E-state index is -0.810. The van der Waals surface area contributed by atoms with Crippen LogP contribution in [0.15, 0.2) is 61.2 Å². The first-order valence-corrected chi connectivity index (χ1v) is 6.93. The van der Waals surface area contributed by atoms with Crippen molar-refractivity contribution in [3.63, 3.8) is 0 Å². The number of nitrogens with one attached hydrogen (secondary N) is 1. The van der Waals surface area contributed by atoms with Crippen LogP contribution in [-0.4, -0.2) is 15.5 Å². The van der Waals surface area contributed by atoms with Gasteiger partial charge >= 0.3 is 0 Å². The second-order valence-electron chi connectivity index (χ2n) is 4.98. The summed E-state index contributed by atoms with van der Waals surface area (Å²) in [4.78, 5) is 16.0. The second-order valence-corrected chi connectivity index (χ2v) is 4.98. The van der Waals surface area contributed by atoms with Crippen LogP contribution in [0.2, 0.25) is 0 Å². The largest absolute Gasteiger partial charge is 0.333 e. The maximum atomic E-state index is 13.5. The summed E-state index contributed by atoms with van der Waals surface area (Å²) >= 11 is 0. The highest BCUT2D eigenvalue weighted by Gasteiger charge is 2.13. The molecule has 0 radical (unpaired) electrons. The average Bonchev–Trinajstić information content (AvgIpc) is 3.04. The zero-order valence-corrected chi connectivity index (χ0v) is 12.0. The average molecular weight is 313 g/mol. The van der Waals surface area contributed by atoms with E-state index in [1.165, 1.54) is 6.07 Å². The molecule has 0 aliphatic heterocycles. The van der Waals surface area contributed by atoms with Gasteiger partial charge in [-0.05, 0) is 29.8 Å². The number of halogens is 2. The Labute approximate surface area is 131 Å². The lowest BCUT2D eigenvalue weighted by Gasteiger charge is -2.08. The molecule has 116 valence electrons. The van der Waals surface area contributed by atoms with Crippen LogP contribution in [0.5, 0.6) is 0 Å². The first-order chi connectivity index (χ1) is 11.1. The minimum absolute atomic E-state index is 0.321. The molecule has 0 bridgehead atoms. The van der Waals surface area contributed by atoms with E-state index in [1.54, 1.807) is 36.8 Å². The molecule has 0 spiro atoms. The third-order valence-electron chi connectivity index (χ3n) is 3.34. The summed E-state index contributed by atoms with van der Waals surface area (Å²) in [6, 6.07) is 10.2. The summed E-state index contributed by atoms with van der Waals surface area (Å²) in [5, 5.41) is 2.26. The van der Waals surface area contributed by atoms with Gasteiger partial charge in [-0.15, -0.1) is 0 Å². The summed E-state index contributed by atoms with van der Waals surface area (Å²) in [6.45, 7) is 0.629. The number of para-hydroxylation sites is 1. The van der Waals surface area contributed by atoms with Gasteiger partial charge in [-0.3, -0.25) is 4.79 Å². The van der Waals surface area contributed by atoms with Crippen LogP contribution in [-0.2, 0) is 6.54 Å². The van der Waals surface area contributed by atoms with E-state index in [4.69, 9.17) is 0 Å². The topological polar surface area (TPSA) is 46.9 Å². The zero-order chi connectivity index (χ0) is 16.2. The molecular formula is C17H13F2N3O. The number of carbonyl (C=O) groups excluding carboxylic acids is 1. The number of nitrogens with zero attached hydrogens (tertiary/aromatic N) is 2. The van der Waals surface area contributed by atoms with Gasteiger partial charge in [0.1, 0.15) is 17.3 Å². The second kappa shape index (κ2) is 6.39. The summed E-state index contributed by atoms with van der Waals surface area (Å²) in [5.41, 5.74) is 0.860. The van der Waals surface area contributed by atoms with Crippen LogP contribution in [0.25, 0.3) is 0 Å². The molecule has 1 amide bonds. The molecule has 0 unspecified atom stereocenters. The highest BCUT2D eigenvalue weighted by molar-refractivity contribution is 6.04. The van der Waals surface area contributed by atoms with E-state index in [0.29, 0.717) is 12.1 Å². The van der Waals surface area contributed by atoms with Crippen LogP contribution >= 0.6 is 0 Å². The van der Waals surface area contributed by atoms with Crippen molar-refractivity contribution >= 4 is 11.6 Å². The highest BCUT2D eigenvalue weighted by atomic mass is 19.1. The lowest BCUT2D eigenvalue weighted by atomic mass is 10.1. The number of anilines is 1. The van der Waals surface area contributed by atoms with Crippen LogP contribution in [0.4, 0.5) is 14.5 Å². The third-order valence-corrected chi connectivity index (χ3v) is 3.34. The van der Waals surface area contributed by atoms with Crippen molar-refractivity contribution in [2.45, 2.75) is 6.54 Å². The molecule has 23 heavy (non-hydrogen) atoms. The summed E-state index contributed by atoms with van der Waals surface area (Å²) in [6.07, 6.45) is 5.22. The van der Waals surface area contributed by atoms with Gasteiger partial charge in [-0.25, -0.2) is 13.8 Å². The SMILES string of the molecule is O=C(Nc1c(F)cccc1F)c1ccc(Cn2ccnc2)cc1. The van der Waals surface area contributed by atoms with Crippen molar-refractivity contribution in [3.8, 4) is 0 Å². The first kappa shape index (κ1) is 14.9. The van der Waals surface area contributed by atoms with Crippen molar-refractivity contribution in [3.05, 3.63) is 83.9 Å². The summed E-state index contributed by atoms with van der Waals surface area (Å²) < 4.78 is 29.0. The van der Waals surface area contributed by atoms with Crippen LogP contribution in [0.3, 0.4) is 0 Å². The molecule has 6 heteroatoms. The molecule has 1 N–H and O–H groups in total. The maximum Gasteiger partial charge on any atom is 0.255 e. The molecule has 3 rings (SSSR count). The Morgan fingerprint density at radius 1 is 1.09 bits per heavy atom. The van der Waals surface area contributed by atoms with Crippen LogP contribution in [0.1, 0.15) is 15.9 Å². The van der Waals surface area contributed by atoms with E-state index < -0.39 is 23.2 Å². The molecule has 1 heterocycles. The number of carbonyl (C=O) groups is 1. The van der Waals surface area contributed by atoms with Crippen LogP contribution < -0.4 is 5.32 Å². The molecule has 1 aromatic heterocycles. The Bertz CT molecular complexity index is 794. The van der Waals surface area contributed by atoms with Crippen molar-refractivity contribution in [1.29, 1.82) is 0 Å². The van der Waals surface area contributed by atoms with Gasteiger partial charge in [0.25, 0.3) is 5.91 Å². The van der Waals surface area contributed by atoms with Gasteiger partial charge in [0.15, 0.2) is 0 Å². The Morgan fingerprint density at radius 3 is 2.39 bits per heavy atom. The molecular weight excluding hydrogens is 300 g/mol. The first-order valence-electron chi connectivity index (χ1n) is 6.93. The number of amides is 1. The predicted octanol–water partition coefficient (Wildman–Crippen LogP) is 3.46. The van der Waals surface area contributed by atoms with E-state index in [-0.39, 0.29) is 0 Å². The van der Waals surface area contributed by atoms with Crippen molar-refractivity contribution in [1.82, 2.24) is 9.55 Å².